The zero-order valence-electron chi connectivity index (χ0n) is 16.2. The molecule has 0 spiro atoms. The van der Waals surface area contributed by atoms with E-state index in [1.165, 1.54) is 0 Å². The summed E-state index contributed by atoms with van der Waals surface area (Å²) in [7, 11) is 0. The van der Waals surface area contributed by atoms with Crippen molar-refractivity contribution in [2.24, 2.45) is 11.7 Å². The van der Waals surface area contributed by atoms with Gasteiger partial charge in [-0.2, -0.15) is 5.26 Å². The van der Waals surface area contributed by atoms with Gasteiger partial charge in [-0.3, -0.25) is 9.59 Å². The third kappa shape index (κ3) is 4.11. The van der Waals surface area contributed by atoms with Crippen LogP contribution in [-0.2, 0) is 4.79 Å². The minimum absolute atomic E-state index is 0.0691. The molecule has 7 nitrogen and oxygen atoms in total. The van der Waals surface area contributed by atoms with Gasteiger partial charge >= 0.3 is 0 Å². The van der Waals surface area contributed by atoms with Crippen LogP contribution in [0.2, 0.25) is 0 Å². The molecular formula is C21H25N5O2S. The van der Waals surface area contributed by atoms with Crippen molar-refractivity contribution in [2.45, 2.75) is 56.7 Å². The predicted octanol–water partition coefficient (Wildman–Crippen LogP) is 2.43. The Morgan fingerprint density at radius 1 is 1.31 bits per heavy atom. The van der Waals surface area contributed by atoms with Crippen molar-refractivity contribution in [3.63, 3.8) is 0 Å². The number of nitrogens with two attached hydrogens (primary N) is 1. The molecule has 0 aromatic carbocycles. The standard InChI is InChI=1S/C21H25N5O2S/c22-11-16-2-1-8-26(16)21(28)19(23)13-3-5-15(6-4-13)25-20(27)17-10-14-7-9-29-18(14)12-24-17/h7,9-10,12-13,15-16,19H,1-6,8,23H2,(H,25,27)/t13?,15?,16?,19-/m0/s1. The Bertz CT molecular complexity index is 944. The summed E-state index contributed by atoms with van der Waals surface area (Å²) in [5.41, 5.74) is 6.70. The summed E-state index contributed by atoms with van der Waals surface area (Å²) in [5, 5.41) is 15.3. The SMILES string of the molecule is N#CC1CCCN1C(=O)[C@@H](N)C1CCC(NC(=O)c2cc3ccsc3cn2)CC1. The molecule has 0 radical (unpaired) electrons. The zero-order chi connectivity index (χ0) is 20.4. The van der Waals surface area contributed by atoms with Crippen LogP contribution in [0.25, 0.3) is 10.1 Å². The first-order chi connectivity index (χ1) is 14.1. The summed E-state index contributed by atoms with van der Waals surface area (Å²) in [6, 6.07) is 5.18. The maximum Gasteiger partial charge on any atom is 0.270 e. The van der Waals surface area contributed by atoms with Gasteiger partial charge < -0.3 is 16.0 Å². The van der Waals surface area contributed by atoms with E-state index in [2.05, 4.69) is 16.4 Å². The van der Waals surface area contributed by atoms with E-state index in [4.69, 9.17) is 5.73 Å². The fraction of sp³-hybridized carbons (Fsp3) is 0.524. The molecule has 2 fully saturated rings. The Labute approximate surface area is 173 Å². The lowest BCUT2D eigenvalue weighted by molar-refractivity contribution is -0.134. The van der Waals surface area contributed by atoms with Gasteiger partial charge in [-0.1, -0.05) is 0 Å². The molecule has 1 aliphatic heterocycles. The Kier molecular flexibility index (Phi) is 5.79. The van der Waals surface area contributed by atoms with Crippen LogP contribution in [0.4, 0.5) is 0 Å². The summed E-state index contributed by atoms with van der Waals surface area (Å²) in [6.45, 7) is 0.623. The Morgan fingerprint density at radius 3 is 2.86 bits per heavy atom. The van der Waals surface area contributed by atoms with Gasteiger partial charge in [0.25, 0.3) is 5.91 Å². The van der Waals surface area contributed by atoms with Gasteiger partial charge in [-0.05, 0) is 67.3 Å². The molecular weight excluding hydrogens is 386 g/mol. The van der Waals surface area contributed by atoms with E-state index in [0.29, 0.717) is 12.2 Å². The molecule has 2 atom stereocenters. The van der Waals surface area contributed by atoms with Crippen molar-refractivity contribution in [1.82, 2.24) is 15.2 Å². The average Bonchev–Trinajstić information content (AvgIpc) is 3.41. The topological polar surface area (TPSA) is 112 Å². The number of pyridine rings is 1. The first-order valence-corrected chi connectivity index (χ1v) is 11.0. The second-order valence-electron chi connectivity index (χ2n) is 7.96. The third-order valence-electron chi connectivity index (χ3n) is 6.16. The summed E-state index contributed by atoms with van der Waals surface area (Å²) in [5.74, 6) is -0.165. The van der Waals surface area contributed by atoms with Crippen molar-refractivity contribution >= 4 is 33.2 Å². The van der Waals surface area contributed by atoms with Crippen LogP contribution in [0.3, 0.4) is 0 Å². The Balaban J connectivity index is 1.30. The number of thiophene rings is 1. The molecule has 1 unspecified atom stereocenters. The molecule has 3 heterocycles. The fourth-order valence-corrected chi connectivity index (χ4v) is 5.17. The van der Waals surface area contributed by atoms with Crippen LogP contribution >= 0.6 is 11.3 Å². The number of nitriles is 1. The first-order valence-electron chi connectivity index (χ1n) is 10.2. The summed E-state index contributed by atoms with van der Waals surface area (Å²) in [4.78, 5) is 31.2. The Morgan fingerprint density at radius 2 is 2.10 bits per heavy atom. The van der Waals surface area contributed by atoms with Gasteiger partial charge in [0, 0.05) is 18.8 Å². The lowest BCUT2D eigenvalue weighted by Gasteiger charge is -2.34. The van der Waals surface area contributed by atoms with Gasteiger partial charge in [-0.15, -0.1) is 11.3 Å². The average molecular weight is 412 g/mol. The zero-order valence-corrected chi connectivity index (χ0v) is 17.0. The van der Waals surface area contributed by atoms with Crippen LogP contribution < -0.4 is 11.1 Å². The van der Waals surface area contributed by atoms with Crippen molar-refractivity contribution in [3.8, 4) is 6.07 Å². The molecule has 1 aliphatic carbocycles. The van der Waals surface area contributed by atoms with E-state index in [1.807, 2.05) is 17.5 Å². The van der Waals surface area contributed by atoms with E-state index in [0.717, 1.165) is 48.6 Å². The van der Waals surface area contributed by atoms with Crippen molar-refractivity contribution < 1.29 is 9.59 Å². The molecule has 29 heavy (non-hydrogen) atoms. The second kappa shape index (κ2) is 8.47. The highest BCUT2D eigenvalue weighted by Crippen LogP contribution is 2.29. The van der Waals surface area contributed by atoms with E-state index < -0.39 is 6.04 Å². The third-order valence-corrected chi connectivity index (χ3v) is 7.03. The van der Waals surface area contributed by atoms with E-state index in [9.17, 15) is 14.9 Å². The molecule has 2 aromatic heterocycles. The number of nitrogens with one attached hydrogen (secondary N) is 1. The number of hydrogen-bond acceptors (Lipinski definition) is 6. The first kappa shape index (κ1) is 19.8. The molecule has 8 heteroatoms. The predicted molar refractivity (Wildman–Crippen MR) is 111 cm³/mol. The molecule has 2 aliphatic rings. The molecule has 152 valence electrons. The van der Waals surface area contributed by atoms with E-state index >= 15 is 0 Å². The van der Waals surface area contributed by atoms with Gasteiger partial charge in [0.15, 0.2) is 0 Å². The quantitative estimate of drug-likeness (QED) is 0.802. The maximum absolute atomic E-state index is 12.7. The van der Waals surface area contributed by atoms with Crippen LogP contribution in [0.15, 0.2) is 23.7 Å². The van der Waals surface area contributed by atoms with Gasteiger partial charge in [0.05, 0.1) is 16.8 Å². The Hall–Kier alpha value is -2.50. The highest BCUT2D eigenvalue weighted by molar-refractivity contribution is 7.17. The van der Waals surface area contributed by atoms with E-state index in [1.54, 1.807) is 22.4 Å². The fourth-order valence-electron chi connectivity index (χ4n) is 4.43. The number of amides is 2. The number of carbonyl (C=O) groups is 2. The molecule has 1 saturated carbocycles. The number of rotatable bonds is 4. The monoisotopic (exact) mass is 411 g/mol. The highest BCUT2D eigenvalue weighted by Gasteiger charge is 2.36. The van der Waals surface area contributed by atoms with Crippen LogP contribution in [-0.4, -0.2) is 46.4 Å². The maximum atomic E-state index is 12.7. The van der Waals surface area contributed by atoms with Crippen molar-refractivity contribution in [1.29, 1.82) is 5.26 Å². The normalized spacial score (nSPS) is 25.5. The van der Waals surface area contributed by atoms with Crippen molar-refractivity contribution in [3.05, 3.63) is 29.4 Å². The van der Waals surface area contributed by atoms with Crippen LogP contribution in [0.5, 0.6) is 0 Å². The highest BCUT2D eigenvalue weighted by atomic mass is 32.1. The number of likely N-dealkylation sites (tertiary alicyclic amines) is 1. The van der Waals surface area contributed by atoms with Gasteiger partial charge in [0.1, 0.15) is 11.7 Å². The molecule has 1 saturated heterocycles. The van der Waals surface area contributed by atoms with E-state index in [-0.39, 0.29) is 29.8 Å². The van der Waals surface area contributed by atoms with Crippen LogP contribution in [0, 0.1) is 17.2 Å². The number of aromatic nitrogens is 1. The summed E-state index contributed by atoms with van der Waals surface area (Å²) < 4.78 is 1.07. The second-order valence-corrected chi connectivity index (χ2v) is 8.91. The summed E-state index contributed by atoms with van der Waals surface area (Å²) >= 11 is 1.60. The number of nitrogens with zero attached hydrogens (tertiary/aromatic N) is 3. The molecule has 2 amide bonds. The number of carbonyl (C=O) groups excluding carboxylic acids is 2. The summed E-state index contributed by atoms with van der Waals surface area (Å²) in [6.07, 6.45) is 6.50. The van der Waals surface area contributed by atoms with Gasteiger partial charge in [0.2, 0.25) is 5.91 Å². The molecule has 3 N–H and O–H groups in total. The largest absolute Gasteiger partial charge is 0.348 e. The van der Waals surface area contributed by atoms with Crippen LogP contribution in [0.1, 0.15) is 49.0 Å². The minimum atomic E-state index is -0.566. The molecule has 0 bridgehead atoms. The lowest BCUT2D eigenvalue weighted by atomic mass is 9.81. The molecule has 4 rings (SSSR count). The minimum Gasteiger partial charge on any atom is -0.348 e. The molecule has 2 aromatic rings. The van der Waals surface area contributed by atoms with Gasteiger partial charge in [-0.25, -0.2) is 4.98 Å². The number of hydrogen-bond donors (Lipinski definition) is 2. The lowest BCUT2D eigenvalue weighted by Crippen LogP contribution is -2.50. The smallest absolute Gasteiger partial charge is 0.270 e. The number of fused-ring (bicyclic) bond motifs is 1. The van der Waals surface area contributed by atoms with Crippen molar-refractivity contribution in [2.75, 3.05) is 6.54 Å².